The second kappa shape index (κ2) is 6.40. The van der Waals surface area contributed by atoms with Crippen LogP contribution in [-0.2, 0) is 34.9 Å². The normalized spacial score (nSPS) is 21.0. The van der Waals surface area contributed by atoms with E-state index in [1.54, 1.807) is 6.33 Å². The molecule has 0 unspecified atom stereocenters. The molecule has 0 amide bonds. The average Bonchev–Trinajstić information content (AvgIpc) is 3.16. The Labute approximate surface area is 158 Å². The summed E-state index contributed by atoms with van der Waals surface area (Å²) in [5.74, 6) is 2.12. The van der Waals surface area contributed by atoms with Gasteiger partial charge in [-0.3, -0.25) is 0 Å². The summed E-state index contributed by atoms with van der Waals surface area (Å²) < 4.78 is 23.8. The van der Waals surface area contributed by atoms with Gasteiger partial charge in [0.1, 0.15) is 12.1 Å². The summed E-state index contributed by atoms with van der Waals surface area (Å²) in [6.45, 7) is 3.36. The van der Waals surface area contributed by atoms with Crippen LogP contribution in [0.25, 0.3) is 0 Å². The molecule has 0 aromatic carbocycles. The summed E-state index contributed by atoms with van der Waals surface area (Å²) in [5.41, 5.74) is 4.14. The van der Waals surface area contributed by atoms with E-state index in [0.717, 1.165) is 68.3 Å². The van der Waals surface area contributed by atoms with Crippen LogP contribution in [0.4, 0.5) is 11.6 Å². The Balaban J connectivity index is 1.32. The van der Waals surface area contributed by atoms with Gasteiger partial charge in [0.25, 0.3) is 0 Å². The first-order chi connectivity index (χ1) is 13.1. The number of aromatic nitrogens is 4. The van der Waals surface area contributed by atoms with Gasteiger partial charge in [-0.25, -0.2) is 18.4 Å². The van der Waals surface area contributed by atoms with Gasteiger partial charge < -0.3 is 9.80 Å². The predicted octanol–water partition coefficient (Wildman–Crippen LogP) is 0.553. The van der Waals surface area contributed by atoms with Crippen molar-refractivity contribution in [2.75, 3.05) is 41.7 Å². The lowest BCUT2D eigenvalue weighted by Gasteiger charge is -2.36. The summed E-state index contributed by atoms with van der Waals surface area (Å²) in [4.78, 5) is 13.5. The molecular formula is C18H22N6O2S. The molecule has 1 aliphatic carbocycles. The lowest BCUT2D eigenvalue weighted by Crippen LogP contribution is -2.47. The number of sulfone groups is 1. The van der Waals surface area contributed by atoms with Crippen LogP contribution in [0.3, 0.4) is 0 Å². The summed E-state index contributed by atoms with van der Waals surface area (Å²) in [6, 6.07) is 1.91. The SMILES string of the molecule is O=S1(=O)CCc2nnc(N3CCN(c4ncnc5c4CCC5)CC3)cc2C1. The van der Waals surface area contributed by atoms with E-state index in [4.69, 9.17) is 0 Å². The molecule has 3 aliphatic rings. The quantitative estimate of drug-likeness (QED) is 0.739. The molecule has 1 fully saturated rings. The Kier molecular flexibility index (Phi) is 3.99. The smallest absolute Gasteiger partial charge is 0.154 e. The number of piperazine rings is 1. The van der Waals surface area contributed by atoms with Gasteiger partial charge in [0.15, 0.2) is 15.7 Å². The van der Waals surface area contributed by atoms with Gasteiger partial charge in [0, 0.05) is 43.9 Å². The third-order valence-corrected chi connectivity index (χ3v) is 7.30. The minimum absolute atomic E-state index is 0.0812. The molecule has 1 saturated heterocycles. The Morgan fingerprint density at radius 1 is 0.889 bits per heavy atom. The number of hydrogen-bond donors (Lipinski definition) is 0. The van der Waals surface area contributed by atoms with Gasteiger partial charge in [-0.15, -0.1) is 5.10 Å². The molecule has 2 aromatic heterocycles. The zero-order chi connectivity index (χ0) is 18.4. The second-order valence-corrected chi connectivity index (χ2v) is 9.65. The maximum absolute atomic E-state index is 11.9. The third-order valence-electron chi connectivity index (χ3n) is 5.73. The summed E-state index contributed by atoms with van der Waals surface area (Å²) in [6.07, 6.45) is 5.43. The fraction of sp³-hybridized carbons (Fsp3) is 0.556. The summed E-state index contributed by atoms with van der Waals surface area (Å²) in [7, 11) is -3.00. The predicted molar refractivity (Wildman–Crippen MR) is 102 cm³/mol. The van der Waals surface area contributed by atoms with Crippen molar-refractivity contribution < 1.29 is 8.42 Å². The van der Waals surface area contributed by atoms with Crippen LogP contribution in [-0.4, -0.2) is 60.5 Å². The van der Waals surface area contributed by atoms with Crippen molar-refractivity contribution in [2.45, 2.75) is 31.4 Å². The van der Waals surface area contributed by atoms with Crippen LogP contribution < -0.4 is 9.80 Å². The molecule has 2 aliphatic heterocycles. The highest BCUT2D eigenvalue weighted by Gasteiger charge is 2.27. The fourth-order valence-corrected chi connectivity index (χ4v) is 5.63. The van der Waals surface area contributed by atoms with Gasteiger partial charge in [0.05, 0.1) is 17.2 Å². The van der Waals surface area contributed by atoms with Crippen LogP contribution in [0.5, 0.6) is 0 Å². The molecule has 0 N–H and O–H groups in total. The van der Waals surface area contributed by atoms with Crippen molar-refractivity contribution in [2.24, 2.45) is 0 Å². The first-order valence-electron chi connectivity index (χ1n) is 9.48. The molecular weight excluding hydrogens is 364 g/mol. The summed E-state index contributed by atoms with van der Waals surface area (Å²) in [5, 5.41) is 8.65. The van der Waals surface area contributed by atoms with Gasteiger partial charge >= 0.3 is 0 Å². The monoisotopic (exact) mass is 386 g/mol. The van der Waals surface area contributed by atoms with Crippen LogP contribution in [0, 0.1) is 0 Å². The largest absolute Gasteiger partial charge is 0.353 e. The number of fused-ring (bicyclic) bond motifs is 2. The van der Waals surface area contributed by atoms with Gasteiger partial charge in [-0.1, -0.05) is 0 Å². The molecule has 5 rings (SSSR count). The molecule has 0 spiro atoms. The molecule has 9 heteroatoms. The zero-order valence-corrected chi connectivity index (χ0v) is 16.0. The fourth-order valence-electron chi connectivity index (χ4n) is 4.26. The molecule has 0 bridgehead atoms. The van der Waals surface area contributed by atoms with Crippen LogP contribution in [0.15, 0.2) is 12.4 Å². The lowest BCUT2D eigenvalue weighted by molar-refractivity contribution is 0.589. The highest BCUT2D eigenvalue weighted by Crippen LogP contribution is 2.29. The van der Waals surface area contributed by atoms with Crippen molar-refractivity contribution in [3.8, 4) is 0 Å². The van der Waals surface area contributed by atoms with Crippen molar-refractivity contribution in [1.29, 1.82) is 0 Å². The van der Waals surface area contributed by atoms with E-state index in [-0.39, 0.29) is 11.5 Å². The molecule has 27 heavy (non-hydrogen) atoms. The molecule has 0 saturated carbocycles. The van der Waals surface area contributed by atoms with Crippen LogP contribution in [0.1, 0.15) is 28.9 Å². The highest BCUT2D eigenvalue weighted by atomic mass is 32.2. The number of aryl methyl sites for hydroxylation is 2. The van der Waals surface area contributed by atoms with Crippen molar-refractivity contribution in [1.82, 2.24) is 20.2 Å². The zero-order valence-electron chi connectivity index (χ0n) is 15.1. The van der Waals surface area contributed by atoms with Gasteiger partial charge in [-0.05, 0) is 30.9 Å². The summed E-state index contributed by atoms with van der Waals surface area (Å²) >= 11 is 0. The van der Waals surface area contributed by atoms with Gasteiger partial charge in [-0.2, -0.15) is 5.10 Å². The van der Waals surface area contributed by atoms with E-state index in [9.17, 15) is 8.42 Å². The standard InChI is InChI=1S/C18H22N6O2S/c25-27(26)9-4-15-13(11-27)10-17(22-21-15)23-5-7-24(8-6-23)18-14-2-1-3-16(14)19-12-20-18/h10,12H,1-9,11H2. The van der Waals surface area contributed by atoms with E-state index < -0.39 is 9.84 Å². The Bertz CT molecular complexity index is 985. The maximum Gasteiger partial charge on any atom is 0.154 e. The Morgan fingerprint density at radius 2 is 1.70 bits per heavy atom. The van der Waals surface area contributed by atoms with Crippen molar-refractivity contribution >= 4 is 21.5 Å². The second-order valence-electron chi connectivity index (χ2n) is 7.47. The molecule has 142 valence electrons. The maximum atomic E-state index is 11.9. The number of anilines is 2. The highest BCUT2D eigenvalue weighted by molar-refractivity contribution is 7.90. The molecule has 8 nitrogen and oxygen atoms in total. The minimum Gasteiger partial charge on any atom is -0.353 e. The van der Waals surface area contributed by atoms with E-state index in [1.807, 2.05) is 6.07 Å². The van der Waals surface area contributed by atoms with E-state index in [0.29, 0.717) is 6.42 Å². The average molecular weight is 386 g/mol. The van der Waals surface area contributed by atoms with E-state index >= 15 is 0 Å². The lowest BCUT2D eigenvalue weighted by atomic mass is 10.1. The topological polar surface area (TPSA) is 92.2 Å². The Morgan fingerprint density at radius 3 is 2.56 bits per heavy atom. The first-order valence-corrected chi connectivity index (χ1v) is 11.3. The minimum atomic E-state index is -3.00. The van der Waals surface area contributed by atoms with E-state index in [1.165, 1.54) is 11.3 Å². The van der Waals surface area contributed by atoms with Crippen LogP contribution in [0.2, 0.25) is 0 Å². The van der Waals surface area contributed by atoms with Crippen LogP contribution >= 0.6 is 0 Å². The third kappa shape index (κ3) is 3.13. The van der Waals surface area contributed by atoms with Crippen molar-refractivity contribution in [3.63, 3.8) is 0 Å². The molecule has 0 radical (unpaired) electrons. The van der Waals surface area contributed by atoms with Gasteiger partial charge in [0.2, 0.25) is 0 Å². The number of hydrogen-bond acceptors (Lipinski definition) is 8. The molecule has 4 heterocycles. The number of nitrogens with zero attached hydrogens (tertiary/aromatic N) is 6. The van der Waals surface area contributed by atoms with E-state index in [2.05, 4.69) is 30.0 Å². The first kappa shape index (κ1) is 16.9. The number of rotatable bonds is 2. The van der Waals surface area contributed by atoms with Crippen molar-refractivity contribution in [3.05, 3.63) is 34.9 Å². The Hall–Kier alpha value is -2.29. The molecule has 0 atom stereocenters. The molecule has 2 aromatic rings.